The summed E-state index contributed by atoms with van der Waals surface area (Å²) in [5.41, 5.74) is 3.98. The van der Waals surface area contributed by atoms with Gasteiger partial charge in [0.15, 0.2) is 0 Å². The van der Waals surface area contributed by atoms with Crippen molar-refractivity contribution in [2.45, 2.75) is 0 Å². The van der Waals surface area contributed by atoms with Crippen LogP contribution in [0.2, 0.25) is 0 Å². The molecule has 11 heavy (non-hydrogen) atoms. The molecule has 0 saturated heterocycles. The number of nitrogens with zero attached hydrogens (tertiary/aromatic N) is 6. The van der Waals surface area contributed by atoms with E-state index >= 15 is 0 Å². The Kier molecular flexibility index (Phi) is 1.26. The summed E-state index contributed by atoms with van der Waals surface area (Å²) >= 11 is 0. The molecule has 1 aliphatic rings. The van der Waals surface area contributed by atoms with E-state index in [1.807, 2.05) is 6.07 Å². The van der Waals surface area contributed by atoms with Crippen LogP contribution in [0.15, 0.2) is 23.6 Å². The van der Waals surface area contributed by atoms with Gasteiger partial charge in [-0.15, -0.1) is 0 Å². The predicted molar refractivity (Wildman–Crippen MR) is 40.1 cm³/mol. The van der Waals surface area contributed by atoms with E-state index in [2.05, 4.69) is 15.7 Å². The second kappa shape index (κ2) is 2.24. The Bertz CT molecular complexity index is 252. The van der Waals surface area contributed by atoms with Crippen molar-refractivity contribution >= 4 is 6.34 Å². The average molecular weight is 151 g/mol. The van der Waals surface area contributed by atoms with Crippen molar-refractivity contribution in [3.05, 3.63) is 24.0 Å². The minimum Gasteiger partial charge on any atom is -0.444 e. The molecule has 0 radical (unpaired) electrons. The van der Waals surface area contributed by atoms with Gasteiger partial charge in [0.25, 0.3) is 0 Å². The number of aromatic nitrogens is 2. The van der Waals surface area contributed by atoms with Gasteiger partial charge in [0.05, 0.1) is 12.5 Å². The molecule has 0 atom stereocenters. The Morgan fingerprint density at radius 1 is 1.45 bits per heavy atom. The largest absolute Gasteiger partial charge is 0.444 e. The molecular weight excluding hydrogens is 144 g/mol. The summed E-state index contributed by atoms with van der Waals surface area (Å²) in [4.78, 5) is 1.53. The van der Waals surface area contributed by atoms with E-state index in [9.17, 15) is 0 Å². The van der Waals surface area contributed by atoms with E-state index in [0.717, 1.165) is 0 Å². The lowest BCUT2D eigenvalue weighted by Gasteiger charge is -2.31. The van der Waals surface area contributed by atoms with E-state index in [4.69, 9.17) is 0 Å². The number of hydrogen-bond donors (Lipinski definition) is 0. The number of hydrazone groups is 1. The third-order valence-corrected chi connectivity index (χ3v) is 1.22. The molecule has 1 aromatic heterocycles. The van der Waals surface area contributed by atoms with Gasteiger partial charge in [-0.25, -0.2) is 0 Å². The Morgan fingerprint density at radius 3 is 2.91 bits per heavy atom. The van der Waals surface area contributed by atoms with Gasteiger partial charge in [-0.05, 0) is 13.1 Å². The van der Waals surface area contributed by atoms with Crippen LogP contribution in [0.5, 0.6) is 0 Å². The summed E-state index contributed by atoms with van der Waals surface area (Å²) in [6.45, 7) is 0. The molecule has 0 aliphatic carbocycles. The van der Waals surface area contributed by atoms with Crippen molar-refractivity contribution in [1.29, 1.82) is 0 Å². The van der Waals surface area contributed by atoms with Gasteiger partial charge in [-0.1, -0.05) is 0 Å². The molecule has 0 amide bonds. The highest BCUT2D eigenvalue weighted by Gasteiger charge is 1.97. The molecule has 58 valence electrons. The van der Waals surface area contributed by atoms with Gasteiger partial charge in [0.1, 0.15) is 0 Å². The predicted octanol–water partition coefficient (Wildman–Crippen LogP) is -0.0865. The standard InChI is InChI=1S/C5H7N6/c1-9-5-7-11(8-9)10-4-2-3-6-10/h2-5H,1H3/q-1. The fourth-order valence-electron chi connectivity index (χ4n) is 0.754. The van der Waals surface area contributed by atoms with Crippen LogP contribution in [0, 0.1) is 0 Å². The lowest BCUT2D eigenvalue weighted by Crippen LogP contribution is -2.24. The summed E-state index contributed by atoms with van der Waals surface area (Å²) < 4.78 is 0. The Labute approximate surface area is 63.6 Å². The Hall–Kier alpha value is -1.56. The van der Waals surface area contributed by atoms with Crippen LogP contribution in [0.4, 0.5) is 0 Å². The molecular formula is C5H7N6-. The second-order valence-electron chi connectivity index (χ2n) is 2.09. The topological polar surface area (TPSA) is 50.8 Å². The van der Waals surface area contributed by atoms with Gasteiger partial charge in [0.2, 0.25) is 0 Å². The minimum atomic E-state index is 1.39. The molecule has 1 aromatic rings. The van der Waals surface area contributed by atoms with Crippen molar-refractivity contribution in [3.8, 4) is 0 Å². The van der Waals surface area contributed by atoms with Gasteiger partial charge in [-0.2, -0.15) is 15.0 Å². The van der Waals surface area contributed by atoms with Crippen molar-refractivity contribution in [2.24, 2.45) is 5.10 Å². The number of rotatable bonds is 1. The van der Waals surface area contributed by atoms with Gasteiger partial charge in [0, 0.05) is 6.20 Å². The maximum atomic E-state index is 3.98. The van der Waals surface area contributed by atoms with Gasteiger partial charge >= 0.3 is 0 Å². The maximum absolute atomic E-state index is 3.98. The third-order valence-electron chi connectivity index (χ3n) is 1.22. The molecule has 0 fully saturated rings. The van der Waals surface area contributed by atoms with E-state index < -0.39 is 0 Å². The van der Waals surface area contributed by atoms with Crippen LogP contribution in [-0.2, 0) is 0 Å². The lowest BCUT2D eigenvalue weighted by molar-refractivity contribution is 0.548. The fraction of sp³-hybridized carbons (Fsp3) is 0.200. The van der Waals surface area contributed by atoms with E-state index in [1.54, 1.807) is 30.8 Å². The van der Waals surface area contributed by atoms with Crippen LogP contribution in [-0.4, -0.2) is 28.3 Å². The molecule has 1 aliphatic heterocycles. The van der Waals surface area contributed by atoms with E-state index in [0.29, 0.717) is 0 Å². The van der Waals surface area contributed by atoms with Crippen molar-refractivity contribution in [1.82, 2.24) is 14.9 Å². The first-order chi connectivity index (χ1) is 5.36. The van der Waals surface area contributed by atoms with Crippen molar-refractivity contribution in [2.75, 3.05) is 12.3 Å². The highest BCUT2D eigenvalue weighted by atomic mass is 16.0. The average Bonchev–Trinajstić information content (AvgIpc) is 2.55. The molecule has 6 nitrogen and oxygen atoms in total. The molecule has 0 N–H and O–H groups in total. The quantitative estimate of drug-likeness (QED) is 0.563. The molecule has 0 saturated carbocycles. The Morgan fingerprint density at radius 2 is 2.36 bits per heavy atom. The van der Waals surface area contributed by atoms with Crippen LogP contribution in [0.3, 0.4) is 0 Å². The summed E-state index contributed by atoms with van der Waals surface area (Å²) in [5.74, 6) is 0. The first-order valence-electron chi connectivity index (χ1n) is 3.15. The zero-order valence-electron chi connectivity index (χ0n) is 5.99. The van der Waals surface area contributed by atoms with Gasteiger partial charge < -0.3 is 10.5 Å². The monoisotopic (exact) mass is 151 g/mol. The van der Waals surface area contributed by atoms with Crippen LogP contribution >= 0.6 is 0 Å². The number of hydrogen-bond acceptors (Lipinski definition) is 4. The molecule has 0 unspecified atom stereocenters. The maximum Gasteiger partial charge on any atom is 0.0955 e. The van der Waals surface area contributed by atoms with Gasteiger partial charge in [-0.3, -0.25) is 5.23 Å². The smallest absolute Gasteiger partial charge is 0.0955 e. The van der Waals surface area contributed by atoms with E-state index in [-0.39, 0.29) is 0 Å². The first kappa shape index (κ1) is 6.17. The fourth-order valence-corrected chi connectivity index (χ4v) is 0.754. The molecule has 0 bridgehead atoms. The molecule has 0 aromatic carbocycles. The van der Waals surface area contributed by atoms with Crippen LogP contribution < -0.4 is 5.23 Å². The zero-order chi connectivity index (χ0) is 7.68. The minimum absolute atomic E-state index is 1.39. The second-order valence-corrected chi connectivity index (χ2v) is 2.09. The van der Waals surface area contributed by atoms with Crippen molar-refractivity contribution < 1.29 is 0 Å². The Balaban J connectivity index is 2.15. The summed E-state index contributed by atoms with van der Waals surface area (Å²) in [6.07, 6.45) is 5.03. The lowest BCUT2D eigenvalue weighted by atomic mass is 10.8. The third kappa shape index (κ3) is 1.03. The van der Waals surface area contributed by atoms with Crippen LogP contribution in [0.1, 0.15) is 0 Å². The molecule has 2 rings (SSSR count). The highest BCUT2D eigenvalue weighted by molar-refractivity contribution is 5.59. The summed E-state index contributed by atoms with van der Waals surface area (Å²) in [6, 6.07) is 1.81. The van der Waals surface area contributed by atoms with E-state index in [1.165, 1.54) is 10.0 Å². The molecule has 6 heteroatoms. The first-order valence-corrected chi connectivity index (χ1v) is 3.15. The zero-order valence-corrected chi connectivity index (χ0v) is 5.99. The SMILES string of the molecule is CN1C=NN(n2cccn2)[N-]1. The normalized spacial score (nSPS) is 16.5. The summed E-state index contributed by atoms with van der Waals surface area (Å²) in [5, 5.41) is 10.9. The molecule has 0 spiro atoms. The van der Waals surface area contributed by atoms with Crippen molar-refractivity contribution in [3.63, 3.8) is 0 Å². The summed E-state index contributed by atoms with van der Waals surface area (Å²) in [7, 11) is 1.80. The van der Waals surface area contributed by atoms with Crippen LogP contribution in [0.25, 0.3) is 5.53 Å². The molecule has 2 heterocycles. The highest BCUT2D eigenvalue weighted by Crippen LogP contribution is 2.06.